The van der Waals surface area contributed by atoms with Crippen LogP contribution in [0.1, 0.15) is 41.5 Å². The summed E-state index contributed by atoms with van der Waals surface area (Å²) in [5, 5.41) is 8.81. The van der Waals surface area contributed by atoms with Crippen LogP contribution in [-0.2, 0) is 14.2 Å². The van der Waals surface area contributed by atoms with Crippen LogP contribution in [0.2, 0.25) is 0 Å². The molecule has 6 nitrogen and oxygen atoms in total. The van der Waals surface area contributed by atoms with Crippen LogP contribution in [0.15, 0.2) is 24.3 Å². The molecular formula is C26H55N3O3. The van der Waals surface area contributed by atoms with E-state index in [1.54, 1.807) is 28.3 Å². The fourth-order valence-electron chi connectivity index (χ4n) is 0.749. The standard InChI is InChI=1S/C5H11N.C5H9N.C5H10O.C5H8O.C3H9N.C3H8O/c4*1-3-4-5-6-2;2*1-3-4-2/h3-4,6H,5H2,1-2H3;6H,5H2,1-2H3;3-4H,5H2,1-2H3;5H2,1-2H3;4H,3H2,1-2H3;3H2,1-2H3/b4-3+;;4-3+;;;. The Morgan fingerprint density at radius 1 is 0.719 bits per heavy atom. The maximum Gasteiger partial charge on any atom is 0.107 e. The Labute approximate surface area is 202 Å². The summed E-state index contributed by atoms with van der Waals surface area (Å²) in [5.74, 6) is 11.0. The largest absolute Gasteiger partial charge is 0.385 e. The van der Waals surface area contributed by atoms with Gasteiger partial charge in [0.1, 0.15) is 6.61 Å². The molecule has 0 aliphatic carbocycles. The lowest BCUT2D eigenvalue weighted by molar-refractivity contribution is 0.215. The third-order valence-corrected chi connectivity index (χ3v) is 2.53. The first-order valence-corrected chi connectivity index (χ1v) is 10.9. The van der Waals surface area contributed by atoms with Crippen molar-refractivity contribution in [2.75, 3.05) is 81.9 Å². The Kier molecular flexibility index (Phi) is 96.5. The van der Waals surface area contributed by atoms with Gasteiger partial charge in [-0.2, -0.15) is 0 Å². The molecule has 0 aromatic carbocycles. The second-order valence-corrected chi connectivity index (χ2v) is 5.25. The van der Waals surface area contributed by atoms with Crippen LogP contribution < -0.4 is 16.0 Å². The molecule has 0 unspecified atom stereocenters. The van der Waals surface area contributed by atoms with E-state index in [0.29, 0.717) is 6.61 Å². The molecule has 0 amide bonds. The smallest absolute Gasteiger partial charge is 0.107 e. The Bertz CT molecular complexity index is 374. The van der Waals surface area contributed by atoms with E-state index in [2.05, 4.69) is 62.1 Å². The number of nitrogens with one attached hydrogen (secondary N) is 3. The number of rotatable bonds is 8. The lowest BCUT2D eigenvalue weighted by atomic mass is 10.5. The van der Waals surface area contributed by atoms with Crippen LogP contribution in [0.25, 0.3) is 0 Å². The highest BCUT2D eigenvalue weighted by Gasteiger charge is 1.62. The number of hydrogen-bond acceptors (Lipinski definition) is 6. The van der Waals surface area contributed by atoms with E-state index in [-0.39, 0.29) is 0 Å². The van der Waals surface area contributed by atoms with Gasteiger partial charge >= 0.3 is 0 Å². The van der Waals surface area contributed by atoms with Crippen LogP contribution in [0.5, 0.6) is 0 Å². The van der Waals surface area contributed by atoms with Gasteiger partial charge in [-0.15, -0.1) is 11.8 Å². The predicted octanol–water partition coefficient (Wildman–Crippen LogP) is 3.75. The summed E-state index contributed by atoms with van der Waals surface area (Å²) in [6, 6.07) is 0. The second-order valence-electron chi connectivity index (χ2n) is 5.25. The van der Waals surface area contributed by atoms with Gasteiger partial charge in [-0.3, -0.25) is 0 Å². The molecule has 0 saturated heterocycles. The molecule has 0 aromatic heterocycles. The van der Waals surface area contributed by atoms with E-state index in [1.807, 2.05) is 67.1 Å². The summed E-state index contributed by atoms with van der Waals surface area (Å²) in [6.07, 6.45) is 8.01. The lowest BCUT2D eigenvalue weighted by Gasteiger charge is -1.81. The Balaban J connectivity index is -0.0000000639. The van der Waals surface area contributed by atoms with Crippen molar-refractivity contribution in [3.63, 3.8) is 0 Å². The fourth-order valence-corrected chi connectivity index (χ4v) is 0.749. The van der Waals surface area contributed by atoms with Gasteiger partial charge in [-0.05, 0) is 62.3 Å². The zero-order chi connectivity index (χ0) is 26.1. The molecule has 0 aliphatic heterocycles. The average Bonchev–Trinajstić information content (AvgIpc) is 2.85. The van der Waals surface area contributed by atoms with Crippen molar-refractivity contribution in [1.29, 1.82) is 0 Å². The monoisotopic (exact) mass is 457 g/mol. The topological polar surface area (TPSA) is 63.8 Å². The summed E-state index contributed by atoms with van der Waals surface area (Å²) >= 11 is 0. The first kappa shape index (κ1) is 44.1. The first-order valence-electron chi connectivity index (χ1n) is 10.9. The van der Waals surface area contributed by atoms with Crippen molar-refractivity contribution in [2.24, 2.45) is 0 Å². The molecule has 0 aromatic rings. The lowest BCUT2D eigenvalue weighted by Crippen LogP contribution is -2.03. The molecule has 0 fully saturated rings. The molecule has 0 radical (unpaired) electrons. The third-order valence-electron chi connectivity index (χ3n) is 2.53. The summed E-state index contributed by atoms with van der Waals surface area (Å²) < 4.78 is 13.8. The summed E-state index contributed by atoms with van der Waals surface area (Å²) in [5.41, 5.74) is 0. The zero-order valence-corrected chi connectivity index (χ0v) is 23.3. The van der Waals surface area contributed by atoms with E-state index < -0.39 is 0 Å². The van der Waals surface area contributed by atoms with Gasteiger partial charge in [-0.1, -0.05) is 43.1 Å². The van der Waals surface area contributed by atoms with Gasteiger partial charge in [0, 0.05) is 34.5 Å². The van der Waals surface area contributed by atoms with Crippen molar-refractivity contribution in [3.05, 3.63) is 24.3 Å². The van der Waals surface area contributed by atoms with E-state index in [4.69, 9.17) is 4.74 Å². The molecule has 0 bridgehead atoms. The van der Waals surface area contributed by atoms with Crippen LogP contribution in [0.4, 0.5) is 0 Å². The molecule has 0 rings (SSSR count). The second kappa shape index (κ2) is 70.1. The molecular weight excluding hydrogens is 402 g/mol. The van der Waals surface area contributed by atoms with E-state index >= 15 is 0 Å². The number of hydrogen-bond donors (Lipinski definition) is 3. The van der Waals surface area contributed by atoms with E-state index in [0.717, 1.165) is 32.8 Å². The van der Waals surface area contributed by atoms with Crippen LogP contribution in [0, 0.1) is 23.7 Å². The van der Waals surface area contributed by atoms with Gasteiger partial charge in [0.15, 0.2) is 0 Å². The zero-order valence-electron chi connectivity index (χ0n) is 23.3. The minimum atomic E-state index is 0.552. The number of ether oxygens (including phenoxy) is 3. The van der Waals surface area contributed by atoms with Gasteiger partial charge < -0.3 is 30.2 Å². The molecule has 6 heteroatoms. The van der Waals surface area contributed by atoms with Crippen molar-refractivity contribution in [2.45, 2.75) is 41.5 Å². The first-order chi connectivity index (χ1) is 15.5. The quantitative estimate of drug-likeness (QED) is 0.381. The Morgan fingerprint density at radius 2 is 1.22 bits per heavy atom. The summed E-state index contributed by atoms with van der Waals surface area (Å²) in [7, 11) is 10.7. The van der Waals surface area contributed by atoms with Crippen molar-refractivity contribution < 1.29 is 14.2 Å². The maximum atomic E-state index is 4.70. The van der Waals surface area contributed by atoms with Crippen molar-refractivity contribution in [1.82, 2.24) is 16.0 Å². The maximum absolute atomic E-state index is 4.70. The number of methoxy groups -OCH3 is 3. The normalized spacial score (nSPS) is 8.12. The van der Waals surface area contributed by atoms with Gasteiger partial charge in [0.05, 0.1) is 13.2 Å². The third kappa shape index (κ3) is 139. The molecule has 192 valence electrons. The minimum Gasteiger partial charge on any atom is -0.385 e. The number of allylic oxidation sites excluding steroid dienone is 2. The van der Waals surface area contributed by atoms with Crippen LogP contribution in [0.3, 0.4) is 0 Å². The molecule has 3 N–H and O–H groups in total. The highest BCUT2D eigenvalue weighted by molar-refractivity contribution is 4.96. The Morgan fingerprint density at radius 3 is 1.34 bits per heavy atom. The SMILES string of the molecule is C/C=C/CNC.C/C=C/COC.CC#CCNC.CC#CCOC.CCNC.CCOC. The molecule has 0 aliphatic rings. The van der Waals surface area contributed by atoms with E-state index in [9.17, 15) is 0 Å². The number of likely N-dealkylation sites (N-methyl/N-ethyl adjacent to an activating group) is 1. The fraction of sp³-hybridized carbons (Fsp3) is 0.692. The highest BCUT2D eigenvalue weighted by atomic mass is 16.5. The average molecular weight is 458 g/mol. The Hall–Kier alpha value is -1.64. The van der Waals surface area contributed by atoms with Gasteiger partial charge in [0.2, 0.25) is 0 Å². The van der Waals surface area contributed by atoms with Crippen molar-refractivity contribution in [3.8, 4) is 23.7 Å². The van der Waals surface area contributed by atoms with Crippen molar-refractivity contribution >= 4 is 0 Å². The summed E-state index contributed by atoms with van der Waals surface area (Å²) in [4.78, 5) is 0. The molecule has 0 heterocycles. The van der Waals surface area contributed by atoms with Crippen LogP contribution >= 0.6 is 0 Å². The molecule has 32 heavy (non-hydrogen) atoms. The minimum absolute atomic E-state index is 0.552. The molecule has 0 saturated carbocycles. The van der Waals surface area contributed by atoms with Gasteiger partial charge in [-0.25, -0.2) is 0 Å². The summed E-state index contributed by atoms with van der Waals surface area (Å²) in [6.45, 7) is 16.6. The van der Waals surface area contributed by atoms with Gasteiger partial charge in [0.25, 0.3) is 0 Å². The van der Waals surface area contributed by atoms with E-state index in [1.165, 1.54) is 0 Å². The van der Waals surface area contributed by atoms with Crippen LogP contribution in [-0.4, -0.2) is 81.9 Å². The highest BCUT2D eigenvalue weighted by Crippen LogP contribution is 1.68. The predicted molar refractivity (Wildman–Crippen MR) is 145 cm³/mol. The molecule has 0 spiro atoms. The molecule has 0 atom stereocenters.